The smallest absolute Gasteiger partial charge is 0.317 e. The summed E-state index contributed by atoms with van der Waals surface area (Å²) in [6.07, 6.45) is 3.69. The highest BCUT2D eigenvalue weighted by molar-refractivity contribution is 7.90. The number of carbonyl (C=O) groups excluding carboxylic acids is 1. The summed E-state index contributed by atoms with van der Waals surface area (Å²) < 4.78 is 46.1. The van der Waals surface area contributed by atoms with Crippen molar-refractivity contribution in [3.8, 4) is 0 Å². The molecule has 1 heterocycles. The topological polar surface area (TPSA) is 93.5 Å². The second kappa shape index (κ2) is 10.2. The number of nitrogens with one attached hydrogen (secondary N) is 1. The van der Waals surface area contributed by atoms with Crippen LogP contribution in [0.2, 0.25) is 0 Å². The van der Waals surface area contributed by atoms with Gasteiger partial charge in [0.05, 0.1) is 30.8 Å². The van der Waals surface area contributed by atoms with E-state index in [1.165, 1.54) is 37.6 Å². The van der Waals surface area contributed by atoms with Crippen molar-refractivity contribution in [2.45, 2.75) is 43.8 Å². The van der Waals surface area contributed by atoms with Gasteiger partial charge in [-0.15, -0.1) is 0 Å². The largest absolute Gasteiger partial charge is 0.383 e. The van der Waals surface area contributed by atoms with Gasteiger partial charge < -0.3 is 19.5 Å². The standard InChI is InChI=1S/C21H29FN4O4S/c1-3-23-20(27)25(13-16-4-5-16)14-19-12-24-21(26(19)10-11-30-2)31(28,29)15-17-6-8-18(22)9-7-17/h6-9,12,16H,3-5,10-11,13-15H2,1-2H3,(H,23,27). The van der Waals surface area contributed by atoms with Gasteiger partial charge in [0.2, 0.25) is 15.0 Å². The Balaban J connectivity index is 1.87. The Morgan fingerprint density at radius 3 is 2.65 bits per heavy atom. The molecule has 1 saturated carbocycles. The molecule has 170 valence electrons. The first-order valence-corrected chi connectivity index (χ1v) is 12.0. The van der Waals surface area contributed by atoms with Crippen molar-refractivity contribution in [2.24, 2.45) is 5.92 Å². The van der Waals surface area contributed by atoms with E-state index < -0.39 is 15.7 Å². The molecule has 0 unspecified atom stereocenters. The number of hydrogen-bond acceptors (Lipinski definition) is 5. The maximum absolute atomic E-state index is 13.2. The summed E-state index contributed by atoms with van der Waals surface area (Å²) in [6, 6.07) is 5.18. The normalized spacial score (nSPS) is 13.9. The summed E-state index contributed by atoms with van der Waals surface area (Å²) in [5.74, 6) is -0.232. The monoisotopic (exact) mass is 452 g/mol. The first-order valence-electron chi connectivity index (χ1n) is 10.4. The molecule has 1 aliphatic carbocycles. The SMILES string of the molecule is CCNC(=O)N(Cc1cnc(S(=O)(=O)Cc2ccc(F)cc2)n1CCOC)CC1CC1. The van der Waals surface area contributed by atoms with Crippen molar-refractivity contribution in [1.29, 1.82) is 0 Å². The Hall–Kier alpha value is -2.46. The second-order valence-corrected chi connectivity index (χ2v) is 9.60. The molecule has 10 heteroatoms. The third-order valence-corrected chi connectivity index (χ3v) is 6.71. The Morgan fingerprint density at radius 1 is 1.32 bits per heavy atom. The lowest BCUT2D eigenvalue weighted by atomic mass is 10.2. The summed E-state index contributed by atoms with van der Waals surface area (Å²) in [4.78, 5) is 18.4. The number of nitrogens with zero attached hydrogens (tertiary/aromatic N) is 3. The van der Waals surface area contributed by atoms with Crippen LogP contribution in [-0.4, -0.2) is 55.7 Å². The third kappa shape index (κ3) is 6.27. The summed E-state index contributed by atoms with van der Waals surface area (Å²) in [5.41, 5.74) is 1.10. The Kier molecular flexibility index (Phi) is 7.66. The van der Waals surface area contributed by atoms with Crippen LogP contribution in [0.1, 0.15) is 31.0 Å². The summed E-state index contributed by atoms with van der Waals surface area (Å²) in [6.45, 7) is 3.84. The third-order valence-electron chi connectivity index (χ3n) is 5.11. The average molecular weight is 453 g/mol. The Labute approximate surface area is 182 Å². The summed E-state index contributed by atoms with van der Waals surface area (Å²) >= 11 is 0. The number of halogens is 1. The number of sulfone groups is 1. The fourth-order valence-corrected chi connectivity index (χ4v) is 4.86. The molecule has 0 bridgehead atoms. The molecule has 1 aromatic carbocycles. The van der Waals surface area contributed by atoms with Crippen LogP contribution in [0.3, 0.4) is 0 Å². The van der Waals surface area contributed by atoms with Crippen molar-refractivity contribution in [3.63, 3.8) is 0 Å². The van der Waals surface area contributed by atoms with Gasteiger partial charge >= 0.3 is 6.03 Å². The van der Waals surface area contributed by atoms with E-state index in [9.17, 15) is 17.6 Å². The van der Waals surface area contributed by atoms with Crippen molar-refractivity contribution in [1.82, 2.24) is 19.8 Å². The van der Waals surface area contributed by atoms with Crippen LogP contribution in [0.4, 0.5) is 9.18 Å². The van der Waals surface area contributed by atoms with E-state index in [4.69, 9.17) is 4.74 Å². The predicted molar refractivity (Wildman–Crippen MR) is 114 cm³/mol. The van der Waals surface area contributed by atoms with Crippen LogP contribution in [0, 0.1) is 11.7 Å². The van der Waals surface area contributed by atoms with Gasteiger partial charge in [-0.05, 0) is 43.4 Å². The lowest BCUT2D eigenvalue weighted by Gasteiger charge is -2.23. The van der Waals surface area contributed by atoms with E-state index in [0.29, 0.717) is 36.9 Å². The average Bonchev–Trinajstić information content (AvgIpc) is 3.45. The highest BCUT2D eigenvalue weighted by Gasteiger charge is 2.29. The fourth-order valence-electron chi connectivity index (χ4n) is 3.34. The molecule has 0 radical (unpaired) electrons. The van der Waals surface area contributed by atoms with Crippen molar-refractivity contribution in [3.05, 3.63) is 47.5 Å². The van der Waals surface area contributed by atoms with Crippen LogP contribution >= 0.6 is 0 Å². The van der Waals surface area contributed by atoms with Gasteiger partial charge in [0.1, 0.15) is 5.82 Å². The fraction of sp³-hybridized carbons (Fsp3) is 0.524. The minimum Gasteiger partial charge on any atom is -0.383 e. The molecule has 0 saturated heterocycles. The molecule has 0 spiro atoms. The molecular formula is C21H29FN4O4S. The molecule has 31 heavy (non-hydrogen) atoms. The number of aromatic nitrogens is 2. The van der Waals surface area contributed by atoms with Gasteiger partial charge in [-0.25, -0.2) is 22.6 Å². The van der Waals surface area contributed by atoms with E-state index >= 15 is 0 Å². The lowest BCUT2D eigenvalue weighted by Crippen LogP contribution is -2.41. The van der Waals surface area contributed by atoms with E-state index in [0.717, 1.165) is 12.8 Å². The van der Waals surface area contributed by atoms with E-state index in [2.05, 4.69) is 10.3 Å². The Morgan fingerprint density at radius 2 is 2.03 bits per heavy atom. The number of urea groups is 1. The van der Waals surface area contributed by atoms with Gasteiger partial charge in [-0.1, -0.05) is 12.1 Å². The first-order chi connectivity index (χ1) is 14.8. The van der Waals surface area contributed by atoms with E-state index in [1.807, 2.05) is 6.92 Å². The molecule has 1 N–H and O–H groups in total. The number of amides is 2. The van der Waals surface area contributed by atoms with Gasteiger partial charge in [-0.2, -0.15) is 0 Å². The zero-order chi connectivity index (χ0) is 22.4. The van der Waals surface area contributed by atoms with E-state index in [1.54, 1.807) is 9.47 Å². The van der Waals surface area contributed by atoms with Crippen molar-refractivity contribution < 1.29 is 22.3 Å². The zero-order valence-electron chi connectivity index (χ0n) is 17.9. The van der Waals surface area contributed by atoms with Crippen LogP contribution in [0.5, 0.6) is 0 Å². The van der Waals surface area contributed by atoms with E-state index in [-0.39, 0.29) is 30.0 Å². The molecule has 0 atom stereocenters. The molecule has 0 aliphatic heterocycles. The van der Waals surface area contributed by atoms with Crippen LogP contribution < -0.4 is 5.32 Å². The van der Waals surface area contributed by atoms with Gasteiger partial charge in [0.15, 0.2) is 0 Å². The lowest BCUT2D eigenvalue weighted by molar-refractivity contribution is 0.178. The van der Waals surface area contributed by atoms with Gasteiger partial charge in [-0.3, -0.25) is 0 Å². The zero-order valence-corrected chi connectivity index (χ0v) is 18.7. The van der Waals surface area contributed by atoms with Crippen molar-refractivity contribution in [2.75, 3.05) is 26.8 Å². The molecule has 2 aromatic rings. The highest BCUT2D eigenvalue weighted by atomic mass is 32.2. The second-order valence-electron chi connectivity index (χ2n) is 7.72. The maximum Gasteiger partial charge on any atom is 0.317 e. The number of benzene rings is 1. The molecule has 8 nitrogen and oxygen atoms in total. The van der Waals surface area contributed by atoms with Crippen LogP contribution in [0.15, 0.2) is 35.6 Å². The number of carbonyl (C=O) groups is 1. The molecule has 1 aliphatic rings. The number of hydrogen-bond donors (Lipinski definition) is 1. The number of imidazole rings is 1. The molecule has 2 amide bonds. The molecule has 1 aromatic heterocycles. The molecule has 1 fully saturated rings. The summed E-state index contributed by atoms with van der Waals surface area (Å²) in [7, 11) is -2.25. The number of rotatable bonds is 11. The predicted octanol–water partition coefficient (Wildman–Crippen LogP) is 2.58. The molecular weight excluding hydrogens is 423 g/mol. The number of methoxy groups -OCH3 is 1. The van der Waals surface area contributed by atoms with Gasteiger partial charge in [0, 0.05) is 26.7 Å². The van der Waals surface area contributed by atoms with Crippen LogP contribution in [-0.2, 0) is 33.4 Å². The quantitative estimate of drug-likeness (QED) is 0.566. The Bertz CT molecular complexity index is 987. The van der Waals surface area contributed by atoms with Gasteiger partial charge in [0.25, 0.3) is 0 Å². The summed E-state index contributed by atoms with van der Waals surface area (Å²) in [5, 5.41) is 2.74. The van der Waals surface area contributed by atoms with Crippen LogP contribution in [0.25, 0.3) is 0 Å². The highest BCUT2D eigenvalue weighted by Crippen LogP contribution is 2.30. The van der Waals surface area contributed by atoms with Crippen molar-refractivity contribution >= 4 is 15.9 Å². The molecule has 3 rings (SSSR count). The minimum atomic E-state index is -3.79. The maximum atomic E-state index is 13.2. The first kappa shape index (κ1) is 23.2. The number of ether oxygens (including phenoxy) is 1. The minimum absolute atomic E-state index is 0.0776.